The number of carbonyl (C=O) groups excluding carboxylic acids is 1. The van der Waals surface area contributed by atoms with Gasteiger partial charge in [0.2, 0.25) is 0 Å². The molecule has 5 nitrogen and oxygen atoms in total. The van der Waals surface area contributed by atoms with Crippen LogP contribution in [0.3, 0.4) is 0 Å². The first-order valence-electron chi connectivity index (χ1n) is 7.50. The number of aliphatic hydroxyl groups is 1. The summed E-state index contributed by atoms with van der Waals surface area (Å²) in [5.41, 5.74) is 0.911. The number of ether oxygens (including phenoxy) is 1. The topological polar surface area (TPSA) is 61.8 Å². The van der Waals surface area contributed by atoms with Gasteiger partial charge in [-0.1, -0.05) is 24.1 Å². The van der Waals surface area contributed by atoms with Gasteiger partial charge in [0.15, 0.2) is 0 Å². The van der Waals surface area contributed by atoms with E-state index in [1.54, 1.807) is 31.2 Å². The third-order valence-corrected chi connectivity index (χ3v) is 4.43. The molecular formula is C16H23ClN2O3. The predicted molar refractivity (Wildman–Crippen MR) is 86.2 cm³/mol. The molecule has 1 aromatic rings. The molecule has 2 unspecified atom stereocenters. The molecule has 0 spiro atoms. The van der Waals surface area contributed by atoms with Crippen molar-refractivity contribution in [2.75, 3.05) is 20.7 Å². The van der Waals surface area contributed by atoms with Gasteiger partial charge in [0.25, 0.3) is 0 Å². The van der Waals surface area contributed by atoms with Crippen LogP contribution in [0.25, 0.3) is 0 Å². The Morgan fingerprint density at radius 3 is 2.86 bits per heavy atom. The summed E-state index contributed by atoms with van der Waals surface area (Å²) in [6.07, 6.45) is 2.57. The van der Waals surface area contributed by atoms with E-state index in [4.69, 9.17) is 16.3 Å². The number of hydrogen-bond donors (Lipinski definition) is 2. The monoisotopic (exact) mass is 326 g/mol. The lowest BCUT2D eigenvalue weighted by Gasteiger charge is -2.23. The SMILES string of the molecule is COc1ccc(CNC(=O)N(C)CC2CCCC2O)cc1Cl. The zero-order valence-electron chi connectivity index (χ0n) is 13.0. The first kappa shape index (κ1) is 16.9. The van der Waals surface area contributed by atoms with Gasteiger partial charge in [-0.05, 0) is 30.5 Å². The van der Waals surface area contributed by atoms with Crippen LogP contribution >= 0.6 is 11.6 Å². The van der Waals surface area contributed by atoms with Crippen molar-refractivity contribution in [3.8, 4) is 5.75 Å². The van der Waals surface area contributed by atoms with Crippen molar-refractivity contribution in [2.45, 2.75) is 31.9 Å². The van der Waals surface area contributed by atoms with Crippen LogP contribution in [0, 0.1) is 5.92 Å². The summed E-state index contributed by atoms with van der Waals surface area (Å²) in [4.78, 5) is 13.7. The van der Waals surface area contributed by atoms with Gasteiger partial charge < -0.3 is 20.1 Å². The fourth-order valence-electron chi connectivity index (χ4n) is 2.80. The second-order valence-corrected chi connectivity index (χ2v) is 6.17. The maximum atomic E-state index is 12.1. The lowest BCUT2D eigenvalue weighted by atomic mass is 10.1. The maximum Gasteiger partial charge on any atom is 0.317 e. The summed E-state index contributed by atoms with van der Waals surface area (Å²) in [7, 11) is 3.32. The average Bonchev–Trinajstić information content (AvgIpc) is 2.90. The molecule has 2 N–H and O–H groups in total. The largest absolute Gasteiger partial charge is 0.495 e. The van der Waals surface area contributed by atoms with E-state index in [0.29, 0.717) is 23.9 Å². The Kier molecular flexibility index (Phi) is 5.91. The maximum absolute atomic E-state index is 12.1. The number of nitrogens with zero attached hydrogens (tertiary/aromatic N) is 1. The summed E-state index contributed by atoms with van der Waals surface area (Å²) in [6, 6.07) is 5.28. The zero-order valence-corrected chi connectivity index (χ0v) is 13.8. The minimum atomic E-state index is -0.282. The van der Waals surface area contributed by atoms with E-state index in [2.05, 4.69) is 5.32 Å². The molecule has 6 heteroatoms. The number of methoxy groups -OCH3 is 1. The van der Waals surface area contributed by atoms with Gasteiger partial charge >= 0.3 is 6.03 Å². The van der Waals surface area contributed by atoms with Crippen LogP contribution in [0.15, 0.2) is 18.2 Å². The molecule has 1 aromatic carbocycles. The summed E-state index contributed by atoms with van der Waals surface area (Å²) in [6.45, 7) is 0.983. The molecule has 0 aliphatic heterocycles. The zero-order chi connectivity index (χ0) is 16.1. The van der Waals surface area contributed by atoms with Gasteiger partial charge in [0.1, 0.15) is 5.75 Å². The summed E-state index contributed by atoms with van der Waals surface area (Å²) in [5.74, 6) is 0.801. The van der Waals surface area contributed by atoms with E-state index in [1.807, 2.05) is 6.07 Å². The highest BCUT2D eigenvalue weighted by molar-refractivity contribution is 6.32. The van der Waals surface area contributed by atoms with E-state index in [1.165, 1.54) is 0 Å². The molecule has 2 atom stereocenters. The molecule has 2 amide bonds. The Bertz CT molecular complexity index is 524. The molecule has 1 aliphatic carbocycles. The van der Waals surface area contributed by atoms with Crippen molar-refractivity contribution < 1.29 is 14.6 Å². The third kappa shape index (κ3) is 4.27. The summed E-state index contributed by atoms with van der Waals surface area (Å²) >= 11 is 6.06. The Balaban J connectivity index is 1.82. The number of halogens is 1. The van der Waals surface area contributed by atoms with Crippen molar-refractivity contribution in [3.05, 3.63) is 28.8 Å². The van der Waals surface area contributed by atoms with Crippen molar-refractivity contribution in [1.29, 1.82) is 0 Å². The van der Waals surface area contributed by atoms with Crippen LogP contribution in [0.4, 0.5) is 4.79 Å². The number of carbonyl (C=O) groups is 1. The number of urea groups is 1. The van der Waals surface area contributed by atoms with Gasteiger partial charge in [0.05, 0.1) is 18.2 Å². The second-order valence-electron chi connectivity index (χ2n) is 5.77. The normalized spacial score (nSPS) is 20.7. The second kappa shape index (κ2) is 7.70. The first-order chi connectivity index (χ1) is 10.5. The molecule has 22 heavy (non-hydrogen) atoms. The van der Waals surface area contributed by atoms with E-state index in [0.717, 1.165) is 24.8 Å². The van der Waals surface area contributed by atoms with Crippen LogP contribution in [0.2, 0.25) is 5.02 Å². The van der Waals surface area contributed by atoms with Crippen LogP contribution in [-0.4, -0.2) is 42.8 Å². The summed E-state index contributed by atoms with van der Waals surface area (Å²) in [5, 5.41) is 13.2. The first-order valence-corrected chi connectivity index (χ1v) is 7.88. The number of benzene rings is 1. The highest BCUT2D eigenvalue weighted by atomic mass is 35.5. The van der Waals surface area contributed by atoms with Crippen molar-refractivity contribution in [2.24, 2.45) is 5.92 Å². The smallest absolute Gasteiger partial charge is 0.317 e. The van der Waals surface area contributed by atoms with Crippen molar-refractivity contribution >= 4 is 17.6 Å². The molecule has 122 valence electrons. The highest BCUT2D eigenvalue weighted by Gasteiger charge is 2.27. The van der Waals surface area contributed by atoms with E-state index < -0.39 is 0 Å². The average molecular weight is 327 g/mol. The van der Waals surface area contributed by atoms with Gasteiger partial charge in [0, 0.05) is 26.1 Å². The fraction of sp³-hybridized carbons (Fsp3) is 0.562. The highest BCUT2D eigenvalue weighted by Crippen LogP contribution is 2.26. The lowest BCUT2D eigenvalue weighted by Crippen LogP contribution is -2.40. The number of amides is 2. The summed E-state index contributed by atoms with van der Waals surface area (Å²) < 4.78 is 5.10. The minimum absolute atomic E-state index is 0.147. The fourth-order valence-corrected chi connectivity index (χ4v) is 3.08. The Hall–Kier alpha value is -1.46. The van der Waals surface area contributed by atoms with Crippen LogP contribution < -0.4 is 10.1 Å². The Morgan fingerprint density at radius 2 is 2.27 bits per heavy atom. The van der Waals surface area contributed by atoms with Gasteiger partial charge in [-0.25, -0.2) is 4.79 Å². The molecule has 2 rings (SSSR count). The predicted octanol–water partition coefficient (Wildman–Crippen LogP) is 2.65. The Labute approximate surface area is 136 Å². The Morgan fingerprint density at radius 1 is 1.50 bits per heavy atom. The van der Waals surface area contributed by atoms with Gasteiger partial charge in [-0.15, -0.1) is 0 Å². The van der Waals surface area contributed by atoms with E-state index >= 15 is 0 Å². The number of hydrogen-bond acceptors (Lipinski definition) is 3. The number of nitrogens with one attached hydrogen (secondary N) is 1. The molecule has 0 saturated heterocycles. The quantitative estimate of drug-likeness (QED) is 0.874. The molecule has 0 bridgehead atoms. The standard InChI is InChI=1S/C16H23ClN2O3/c1-19(10-12-4-3-5-14(12)20)16(21)18-9-11-6-7-15(22-2)13(17)8-11/h6-8,12,14,20H,3-5,9-10H2,1-2H3,(H,18,21). The van der Waals surface area contributed by atoms with E-state index in [-0.39, 0.29) is 18.1 Å². The molecule has 0 heterocycles. The van der Waals surface area contributed by atoms with E-state index in [9.17, 15) is 9.90 Å². The van der Waals surface area contributed by atoms with Crippen molar-refractivity contribution in [1.82, 2.24) is 10.2 Å². The molecule has 0 radical (unpaired) electrons. The molecule has 1 fully saturated rings. The lowest BCUT2D eigenvalue weighted by molar-refractivity contribution is 0.114. The van der Waals surface area contributed by atoms with Gasteiger partial charge in [-0.2, -0.15) is 0 Å². The van der Waals surface area contributed by atoms with Crippen molar-refractivity contribution in [3.63, 3.8) is 0 Å². The number of rotatable bonds is 5. The van der Waals surface area contributed by atoms with Crippen LogP contribution in [-0.2, 0) is 6.54 Å². The van der Waals surface area contributed by atoms with Gasteiger partial charge in [-0.3, -0.25) is 0 Å². The number of aliphatic hydroxyl groups excluding tert-OH is 1. The van der Waals surface area contributed by atoms with Crippen LogP contribution in [0.1, 0.15) is 24.8 Å². The molecule has 0 aromatic heterocycles. The molecule has 1 aliphatic rings. The van der Waals surface area contributed by atoms with Crippen LogP contribution in [0.5, 0.6) is 5.75 Å². The molecular weight excluding hydrogens is 304 g/mol. The minimum Gasteiger partial charge on any atom is -0.495 e. The molecule has 1 saturated carbocycles. The third-order valence-electron chi connectivity index (χ3n) is 4.13.